The molecule has 0 saturated carbocycles. The molecule has 5 heteroatoms. The van der Waals surface area contributed by atoms with Gasteiger partial charge in [-0.1, -0.05) is 6.92 Å². The van der Waals surface area contributed by atoms with Crippen LogP contribution in [-0.4, -0.2) is 62.3 Å². The van der Waals surface area contributed by atoms with Crippen LogP contribution in [0.5, 0.6) is 0 Å². The Bertz CT molecular complexity index is 248. The van der Waals surface area contributed by atoms with E-state index in [1.165, 1.54) is 6.42 Å². The van der Waals surface area contributed by atoms with Crippen molar-refractivity contribution in [3.63, 3.8) is 0 Å². The molecule has 0 aliphatic carbocycles. The summed E-state index contributed by atoms with van der Waals surface area (Å²) in [6, 6.07) is -0.0285. The first-order valence-corrected chi connectivity index (χ1v) is 6.29. The number of nitrogens with two attached hydrogens (primary N) is 1. The summed E-state index contributed by atoms with van der Waals surface area (Å²) in [5.74, 6) is 0.605. The molecule has 1 rings (SSSR count). The number of nitrogens with zero attached hydrogens (tertiary/aromatic N) is 2. The molecule has 2 atom stereocenters. The number of rotatable bonds is 4. The highest BCUT2D eigenvalue weighted by Gasteiger charge is 2.24. The monoisotopic (exact) mass is 243 g/mol. The fourth-order valence-electron chi connectivity index (χ4n) is 2.30. The van der Waals surface area contributed by atoms with E-state index in [0.717, 1.165) is 19.5 Å². The first kappa shape index (κ1) is 14.3. The van der Waals surface area contributed by atoms with Gasteiger partial charge < -0.3 is 20.3 Å². The van der Waals surface area contributed by atoms with Crippen LogP contribution >= 0.6 is 0 Å². The number of ether oxygens (including phenoxy) is 1. The second kappa shape index (κ2) is 6.81. The summed E-state index contributed by atoms with van der Waals surface area (Å²) in [6.07, 6.45) is 2.32. The van der Waals surface area contributed by atoms with Crippen LogP contribution in [0.2, 0.25) is 0 Å². The lowest BCUT2D eigenvalue weighted by atomic mass is 10.0. The number of likely N-dealkylation sites (N-methyl/N-ethyl adjacent to an activating group) is 1. The van der Waals surface area contributed by atoms with Crippen LogP contribution < -0.4 is 5.73 Å². The Balaban J connectivity index is 2.39. The minimum Gasteiger partial charge on any atom is -0.383 e. The molecule has 0 bridgehead atoms. The van der Waals surface area contributed by atoms with Gasteiger partial charge in [-0.3, -0.25) is 0 Å². The first-order valence-electron chi connectivity index (χ1n) is 6.29. The molecule has 100 valence electrons. The molecule has 2 unspecified atom stereocenters. The van der Waals surface area contributed by atoms with Crippen LogP contribution in [0.1, 0.15) is 19.8 Å². The summed E-state index contributed by atoms with van der Waals surface area (Å²) in [4.78, 5) is 15.8. The van der Waals surface area contributed by atoms with Crippen molar-refractivity contribution in [2.75, 3.05) is 40.4 Å². The highest BCUT2D eigenvalue weighted by molar-refractivity contribution is 5.74. The number of likely N-dealkylation sites (tertiary alicyclic amines) is 1. The molecule has 1 aliphatic heterocycles. The standard InChI is InChI=1S/C12H25N3O2/c1-10-5-4-6-15(7-10)12(16)14(2)8-11(13)9-17-3/h10-11H,4-9,13H2,1-3H3. The molecule has 1 heterocycles. The number of carbonyl (C=O) groups excluding carboxylic acids is 1. The smallest absolute Gasteiger partial charge is 0.319 e. The molecule has 0 spiro atoms. The number of piperidine rings is 1. The summed E-state index contributed by atoms with van der Waals surface area (Å²) >= 11 is 0. The molecule has 1 fully saturated rings. The van der Waals surface area contributed by atoms with Crippen molar-refractivity contribution in [1.29, 1.82) is 0 Å². The molecule has 2 amide bonds. The third-order valence-corrected chi connectivity index (χ3v) is 3.14. The number of amides is 2. The summed E-state index contributed by atoms with van der Waals surface area (Å²) in [6.45, 7) is 4.94. The van der Waals surface area contributed by atoms with Crippen molar-refractivity contribution in [1.82, 2.24) is 9.80 Å². The second-order valence-corrected chi connectivity index (χ2v) is 5.07. The van der Waals surface area contributed by atoms with Crippen molar-refractivity contribution >= 4 is 6.03 Å². The number of hydrogen-bond donors (Lipinski definition) is 1. The van der Waals surface area contributed by atoms with E-state index in [9.17, 15) is 4.79 Å². The molecule has 0 aromatic rings. The highest BCUT2D eigenvalue weighted by atomic mass is 16.5. The Morgan fingerprint density at radius 1 is 1.65 bits per heavy atom. The summed E-state index contributed by atoms with van der Waals surface area (Å²) in [5.41, 5.74) is 5.84. The van der Waals surface area contributed by atoms with E-state index in [0.29, 0.717) is 19.1 Å². The second-order valence-electron chi connectivity index (χ2n) is 5.07. The van der Waals surface area contributed by atoms with E-state index in [4.69, 9.17) is 10.5 Å². The summed E-state index contributed by atoms with van der Waals surface area (Å²) < 4.78 is 4.97. The van der Waals surface area contributed by atoms with E-state index in [1.807, 2.05) is 4.90 Å². The maximum absolute atomic E-state index is 12.1. The molecule has 17 heavy (non-hydrogen) atoms. The average Bonchev–Trinajstić information content (AvgIpc) is 2.28. The Kier molecular flexibility index (Phi) is 5.71. The normalized spacial score (nSPS) is 22.4. The molecule has 1 saturated heterocycles. The summed E-state index contributed by atoms with van der Waals surface area (Å²) in [5, 5.41) is 0. The van der Waals surface area contributed by atoms with Gasteiger partial charge in [0.2, 0.25) is 0 Å². The van der Waals surface area contributed by atoms with E-state index in [1.54, 1.807) is 19.1 Å². The van der Waals surface area contributed by atoms with Crippen molar-refractivity contribution in [3.8, 4) is 0 Å². The molecule has 0 aromatic carbocycles. The van der Waals surface area contributed by atoms with Gasteiger partial charge in [0.05, 0.1) is 6.61 Å². The van der Waals surface area contributed by atoms with Gasteiger partial charge in [-0.25, -0.2) is 4.79 Å². The Morgan fingerprint density at radius 3 is 2.94 bits per heavy atom. The van der Waals surface area contributed by atoms with Gasteiger partial charge >= 0.3 is 6.03 Å². The first-order chi connectivity index (χ1) is 8.04. The topological polar surface area (TPSA) is 58.8 Å². The number of carbonyl (C=O) groups is 1. The largest absolute Gasteiger partial charge is 0.383 e. The predicted molar refractivity (Wildman–Crippen MR) is 67.8 cm³/mol. The third-order valence-electron chi connectivity index (χ3n) is 3.14. The van der Waals surface area contributed by atoms with E-state index in [2.05, 4.69) is 6.92 Å². The van der Waals surface area contributed by atoms with E-state index >= 15 is 0 Å². The number of hydrogen-bond acceptors (Lipinski definition) is 3. The Labute approximate surface area is 104 Å². The number of urea groups is 1. The van der Waals surface area contributed by atoms with Crippen LogP contribution in [0, 0.1) is 5.92 Å². The van der Waals surface area contributed by atoms with Gasteiger partial charge in [-0.2, -0.15) is 0 Å². The molecule has 5 nitrogen and oxygen atoms in total. The predicted octanol–water partition coefficient (Wildman–Crippen LogP) is 0.744. The Hall–Kier alpha value is -0.810. The lowest BCUT2D eigenvalue weighted by molar-refractivity contribution is 0.126. The quantitative estimate of drug-likeness (QED) is 0.792. The maximum Gasteiger partial charge on any atom is 0.319 e. The van der Waals surface area contributed by atoms with Crippen molar-refractivity contribution in [2.24, 2.45) is 11.7 Å². The zero-order chi connectivity index (χ0) is 12.8. The number of methoxy groups -OCH3 is 1. The maximum atomic E-state index is 12.1. The molecule has 0 aromatic heterocycles. The lowest BCUT2D eigenvalue weighted by Gasteiger charge is -2.34. The van der Waals surface area contributed by atoms with E-state index < -0.39 is 0 Å². The molecular weight excluding hydrogens is 218 g/mol. The van der Waals surface area contributed by atoms with Crippen molar-refractivity contribution in [3.05, 3.63) is 0 Å². The van der Waals surface area contributed by atoms with Crippen LogP contribution in [-0.2, 0) is 4.74 Å². The van der Waals surface area contributed by atoms with Crippen LogP contribution in [0.3, 0.4) is 0 Å². The van der Waals surface area contributed by atoms with Crippen molar-refractivity contribution in [2.45, 2.75) is 25.8 Å². The molecule has 1 aliphatic rings. The van der Waals surface area contributed by atoms with Gasteiger partial charge in [0, 0.05) is 39.8 Å². The fourth-order valence-corrected chi connectivity index (χ4v) is 2.30. The van der Waals surface area contributed by atoms with Crippen LogP contribution in [0.15, 0.2) is 0 Å². The fraction of sp³-hybridized carbons (Fsp3) is 0.917. The van der Waals surface area contributed by atoms with Gasteiger partial charge in [-0.15, -0.1) is 0 Å². The van der Waals surface area contributed by atoms with Gasteiger partial charge in [-0.05, 0) is 18.8 Å². The SMILES string of the molecule is COCC(N)CN(C)C(=O)N1CCCC(C)C1. The molecule has 0 radical (unpaired) electrons. The van der Waals surface area contributed by atoms with E-state index in [-0.39, 0.29) is 12.1 Å². The molecular formula is C12H25N3O2. The molecule has 2 N–H and O–H groups in total. The average molecular weight is 243 g/mol. The van der Waals surface area contributed by atoms with Gasteiger partial charge in [0.15, 0.2) is 0 Å². The van der Waals surface area contributed by atoms with Crippen LogP contribution in [0.4, 0.5) is 4.79 Å². The Morgan fingerprint density at radius 2 is 2.35 bits per heavy atom. The van der Waals surface area contributed by atoms with Crippen molar-refractivity contribution < 1.29 is 9.53 Å². The highest BCUT2D eigenvalue weighted by Crippen LogP contribution is 2.16. The zero-order valence-electron chi connectivity index (χ0n) is 11.2. The zero-order valence-corrected chi connectivity index (χ0v) is 11.2. The van der Waals surface area contributed by atoms with Gasteiger partial charge in [0.1, 0.15) is 0 Å². The van der Waals surface area contributed by atoms with Crippen LogP contribution in [0.25, 0.3) is 0 Å². The van der Waals surface area contributed by atoms with Gasteiger partial charge in [0.25, 0.3) is 0 Å². The third kappa shape index (κ3) is 4.52. The summed E-state index contributed by atoms with van der Waals surface area (Å²) in [7, 11) is 3.42. The lowest BCUT2D eigenvalue weighted by Crippen LogP contribution is -2.49. The minimum absolute atomic E-state index is 0.0862. The minimum atomic E-state index is -0.115.